The molecule has 1 aliphatic carbocycles. The first-order valence-electron chi connectivity index (χ1n) is 7.90. The van der Waals surface area contributed by atoms with Crippen LogP contribution >= 0.6 is 0 Å². The number of nitrogens with zero attached hydrogens (tertiary/aromatic N) is 1. The van der Waals surface area contributed by atoms with Crippen molar-refractivity contribution >= 4 is 5.78 Å². The summed E-state index contributed by atoms with van der Waals surface area (Å²) in [5.41, 5.74) is -0.308. The Hall–Kier alpha value is -1.36. The van der Waals surface area contributed by atoms with Crippen molar-refractivity contribution in [2.75, 3.05) is 13.1 Å². The first-order chi connectivity index (χ1) is 10.4. The molecule has 1 heterocycles. The number of likely N-dealkylation sites (tertiary alicyclic amines) is 1. The summed E-state index contributed by atoms with van der Waals surface area (Å²) in [7, 11) is 0. The Balaban J connectivity index is 1.67. The first-order valence-corrected chi connectivity index (χ1v) is 7.90. The van der Waals surface area contributed by atoms with E-state index in [0.717, 1.165) is 38.1 Å². The van der Waals surface area contributed by atoms with Crippen LogP contribution in [0.1, 0.15) is 48.0 Å². The second-order valence-corrected chi connectivity index (χ2v) is 6.36. The molecule has 0 amide bonds. The molecule has 5 heteroatoms. The van der Waals surface area contributed by atoms with E-state index in [2.05, 4.69) is 4.90 Å². The zero-order chi connectivity index (χ0) is 15.7. The molecule has 0 spiro atoms. The van der Waals surface area contributed by atoms with Gasteiger partial charge in [-0.2, -0.15) is 13.2 Å². The number of hydrogen-bond donors (Lipinski definition) is 0. The summed E-state index contributed by atoms with van der Waals surface area (Å²) in [6, 6.07) is 5.24. The summed E-state index contributed by atoms with van der Waals surface area (Å²) < 4.78 is 37.7. The number of carbonyl (C=O) groups is 1. The largest absolute Gasteiger partial charge is 0.416 e. The van der Waals surface area contributed by atoms with Gasteiger partial charge in [-0.25, -0.2) is 0 Å². The van der Waals surface area contributed by atoms with E-state index in [0.29, 0.717) is 11.6 Å². The molecule has 0 aromatic heterocycles. The van der Waals surface area contributed by atoms with Crippen LogP contribution in [0.5, 0.6) is 0 Å². The second-order valence-electron chi connectivity index (χ2n) is 6.36. The Bertz CT molecular complexity index is 534. The van der Waals surface area contributed by atoms with Gasteiger partial charge >= 0.3 is 6.18 Å². The van der Waals surface area contributed by atoms with Crippen molar-refractivity contribution in [2.24, 2.45) is 5.92 Å². The summed E-state index contributed by atoms with van der Waals surface area (Å²) in [4.78, 5) is 14.9. The van der Waals surface area contributed by atoms with Gasteiger partial charge in [-0.15, -0.1) is 0 Å². The average molecular weight is 311 g/mol. The predicted octanol–water partition coefficient (Wildman–Crippen LogP) is 4.15. The number of ketones is 1. The van der Waals surface area contributed by atoms with Gasteiger partial charge in [0.05, 0.1) is 5.56 Å². The number of rotatable bonds is 3. The standard InChI is InChI=1S/C17H20F3NO/c18-17(19,20)14-8-6-12(7-9-14)16(22)13-3-2-10-21(11-13)15-4-1-5-15/h6-9,13,15H,1-5,10-11H2/t13-/m1/s1. The molecule has 1 saturated heterocycles. The number of carbonyl (C=O) groups excluding carboxylic acids is 1. The van der Waals surface area contributed by atoms with Crippen molar-refractivity contribution in [3.8, 4) is 0 Å². The Kier molecular flexibility index (Phi) is 4.26. The molecule has 2 fully saturated rings. The van der Waals surface area contributed by atoms with Crippen LogP contribution in [-0.2, 0) is 6.18 Å². The van der Waals surface area contributed by atoms with Gasteiger partial charge in [-0.1, -0.05) is 18.6 Å². The van der Waals surface area contributed by atoms with Crippen molar-refractivity contribution in [1.29, 1.82) is 0 Å². The molecule has 3 rings (SSSR count). The maximum Gasteiger partial charge on any atom is 0.416 e. The molecule has 0 N–H and O–H groups in total. The van der Waals surface area contributed by atoms with Crippen LogP contribution in [0.4, 0.5) is 13.2 Å². The highest BCUT2D eigenvalue weighted by Crippen LogP contribution is 2.32. The monoisotopic (exact) mass is 311 g/mol. The zero-order valence-electron chi connectivity index (χ0n) is 12.4. The molecule has 1 atom stereocenters. The van der Waals surface area contributed by atoms with E-state index in [1.165, 1.54) is 31.4 Å². The normalized spacial score (nSPS) is 24.0. The van der Waals surface area contributed by atoms with Gasteiger partial charge in [0, 0.05) is 24.1 Å². The minimum absolute atomic E-state index is 0.0160. The number of piperidine rings is 1. The Morgan fingerprint density at radius 1 is 1.05 bits per heavy atom. The third-order valence-electron chi connectivity index (χ3n) is 4.91. The van der Waals surface area contributed by atoms with Gasteiger partial charge in [0.15, 0.2) is 5.78 Å². The highest BCUT2D eigenvalue weighted by molar-refractivity contribution is 5.98. The van der Waals surface area contributed by atoms with Crippen molar-refractivity contribution < 1.29 is 18.0 Å². The lowest BCUT2D eigenvalue weighted by atomic mass is 9.85. The Morgan fingerprint density at radius 3 is 2.27 bits per heavy atom. The average Bonchev–Trinajstić information content (AvgIpc) is 2.44. The van der Waals surface area contributed by atoms with Crippen LogP contribution < -0.4 is 0 Å². The molecule has 1 aromatic carbocycles. The molecule has 120 valence electrons. The molecule has 0 bridgehead atoms. The lowest BCUT2D eigenvalue weighted by molar-refractivity contribution is -0.137. The van der Waals surface area contributed by atoms with Crippen LogP contribution in [0.3, 0.4) is 0 Å². The third-order valence-corrected chi connectivity index (χ3v) is 4.91. The van der Waals surface area contributed by atoms with E-state index in [4.69, 9.17) is 0 Å². The SMILES string of the molecule is O=C(c1ccc(C(F)(F)F)cc1)[C@@H]1CCCN(C2CCC2)C1. The molecule has 0 unspecified atom stereocenters. The maximum atomic E-state index is 12.6. The lowest BCUT2D eigenvalue weighted by Crippen LogP contribution is -2.47. The van der Waals surface area contributed by atoms with Crippen LogP contribution in [-0.4, -0.2) is 29.8 Å². The molecule has 2 aliphatic rings. The minimum atomic E-state index is -4.35. The smallest absolute Gasteiger partial charge is 0.300 e. The van der Waals surface area contributed by atoms with Crippen LogP contribution in [0.25, 0.3) is 0 Å². The van der Waals surface area contributed by atoms with Crippen LogP contribution in [0.15, 0.2) is 24.3 Å². The summed E-state index contributed by atoms with van der Waals surface area (Å²) in [6.07, 6.45) is 1.16. The fourth-order valence-electron chi connectivity index (χ4n) is 3.36. The van der Waals surface area contributed by atoms with Crippen molar-refractivity contribution in [3.63, 3.8) is 0 Å². The number of Topliss-reactive ketones (excluding diaryl/α,β-unsaturated/α-hetero) is 1. The molecule has 1 aromatic rings. The van der Waals surface area contributed by atoms with Gasteiger partial charge < -0.3 is 0 Å². The van der Waals surface area contributed by atoms with Crippen LogP contribution in [0.2, 0.25) is 0 Å². The van der Waals surface area contributed by atoms with E-state index in [-0.39, 0.29) is 11.7 Å². The third kappa shape index (κ3) is 3.19. The van der Waals surface area contributed by atoms with E-state index >= 15 is 0 Å². The Morgan fingerprint density at radius 2 is 1.73 bits per heavy atom. The van der Waals surface area contributed by atoms with Crippen LogP contribution in [0, 0.1) is 5.92 Å². The Labute approximate surface area is 128 Å². The quantitative estimate of drug-likeness (QED) is 0.782. The lowest BCUT2D eigenvalue weighted by Gasteiger charge is -2.42. The molecular formula is C17H20F3NO. The summed E-state index contributed by atoms with van der Waals surface area (Å²) in [6.45, 7) is 1.80. The highest BCUT2D eigenvalue weighted by atomic mass is 19.4. The highest BCUT2D eigenvalue weighted by Gasteiger charge is 2.33. The number of halogens is 3. The summed E-state index contributed by atoms with van der Waals surface area (Å²) in [5, 5.41) is 0. The van der Waals surface area contributed by atoms with Gasteiger partial charge in [-0.3, -0.25) is 9.69 Å². The number of hydrogen-bond acceptors (Lipinski definition) is 2. The topological polar surface area (TPSA) is 20.3 Å². The first kappa shape index (κ1) is 15.5. The molecule has 1 saturated carbocycles. The maximum absolute atomic E-state index is 12.6. The molecular weight excluding hydrogens is 291 g/mol. The van der Waals surface area contributed by atoms with Gasteiger partial charge in [0.2, 0.25) is 0 Å². The van der Waals surface area contributed by atoms with E-state index in [9.17, 15) is 18.0 Å². The number of benzene rings is 1. The predicted molar refractivity (Wildman–Crippen MR) is 77.7 cm³/mol. The van der Waals surface area contributed by atoms with Crippen molar-refractivity contribution in [1.82, 2.24) is 4.90 Å². The van der Waals surface area contributed by atoms with Gasteiger partial charge in [0.25, 0.3) is 0 Å². The number of alkyl halides is 3. The fraction of sp³-hybridized carbons (Fsp3) is 0.588. The van der Waals surface area contributed by atoms with E-state index in [1.54, 1.807) is 0 Å². The molecule has 1 aliphatic heterocycles. The molecule has 22 heavy (non-hydrogen) atoms. The fourth-order valence-corrected chi connectivity index (χ4v) is 3.36. The summed E-state index contributed by atoms with van der Waals surface area (Å²) in [5.74, 6) is -0.0937. The molecule has 2 nitrogen and oxygen atoms in total. The van der Waals surface area contributed by atoms with E-state index in [1.807, 2.05) is 0 Å². The minimum Gasteiger partial charge on any atom is -0.300 e. The molecule has 0 radical (unpaired) electrons. The van der Waals surface area contributed by atoms with Gasteiger partial charge in [0.1, 0.15) is 0 Å². The van der Waals surface area contributed by atoms with Crippen molar-refractivity contribution in [2.45, 2.75) is 44.3 Å². The van der Waals surface area contributed by atoms with Gasteiger partial charge in [-0.05, 0) is 44.4 Å². The second kappa shape index (κ2) is 6.03. The van der Waals surface area contributed by atoms with E-state index < -0.39 is 11.7 Å². The van der Waals surface area contributed by atoms with Crippen molar-refractivity contribution in [3.05, 3.63) is 35.4 Å². The zero-order valence-corrected chi connectivity index (χ0v) is 12.4. The summed E-state index contributed by atoms with van der Waals surface area (Å²) >= 11 is 0.